The van der Waals surface area contributed by atoms with E-state index in [1.165, 1.54) is 5.56 Å². The van der Waals surface area contributed by atoms with Crippen LogP contribution in [-0.2, 0) is 11.2 Å². The maximum absolute atomic E-state index is 12.6. The van der Waals surface area contributed by atoms with Crippen LogP contribution >= 0.6 is 11.8 Å². The zero-order valence-electron chi connectivity index (χ0n) is 16.9. The Bertz CT molecular complexity index is 901. The van der Waals surface area contributed by atoms with Crippen molar-refractivity contribution in [2.75, 3.05) is 38.5 Å². The number of hydrogen-bond donors (Lipinski definition) is 1. The van der Waals surface area contributed by atoms with Crippen molar-refractivity contribution in [3.63, 3.8) is 0 Å². The summed E-state index contributed by atoms with van der Waals surface area (Å²) < 4.78 is 0. The van der Waals surface area contributed by atoms with Gasteiger partial charge in [-0.15, -0.1) is 11.8 Å². The minimum atomic E-state index is 0.165. The molecule has 0 radical (unpaired) electrons. The highest BCUT2D eigenvalue weighted by Gasteiger charge is 2.22. The molecular weight excluding hydrogens is 380 g/mol. The van der Waals surface area contributed by atoms with E-state index in [1.54, 1.807) is 11.8 Å². The Balaban J connectivity index is 1.20. The van der Waals surface area contributed by atoms with E-state index in [-0.39, 0.29) is 11.2 Å². The molecule has 6 heteroatoms. The lowest BCUT2D eigenvalue weighted by atomic mass is 10.1. The first kappa shape index (κ1) is 20.0. The van der Waals surface area contributed by atoms with E-state index in [2.05, 4.69) is 52.1 Å². The number of nitrogens with one attached hydrogen (secondary N) is 1. The highest BCUT2D eigenvalue weighted by Crippen LogP contribution is 2.28. The number of rotatable bonds is 7. The molecule has 1 aliphatic heterocycles. The van der Waals surface area contributed by atoms with Crippen molar-refractivity contribution in [3.8, 4) is 0 Å². The number of amides is 1. The van der Waals surface area contributed by atoms with Crippen LogP contribution in [0.4, 0.5) is 0 Å². The molecule has 1 saturated heterocycles. The summed E-state index contributed by atoms with van der Waals surface area (Å²) in [5.74, 6) is 1.68. The molecule has 1 aromatic heterocycles. The fourth-order valence-electron chi connectivity index (χ4n) is 3.68. The van der Waals surface area contributed by atoms with Crippen molar-refractivity contribution in [2.24, 2.45) is 0 Å². The molecule has 1 unspecified atom stereocenters. The summed E-state index contributed by atoms with van der Waals surface area (Å²) in [6, 6.07) is 18.6. The molecule has 152 valence electrons. The molecule has 0 aliphatic carbocycles. The second-order valence-electron chi connectivity index (χ2n) is 7.55. The van der Waals surface area contributed by atoms with Crippen LogP contribution in [0, 0.1) is 0 Å². The zero-order chi connectivity index (χ0) is 20.1. The van der Waals surface area contributed by atoms with Crippen molar-refractivity contribution >= 4 is 28.7 Å². The van der Waals surface area contributed by atoms with Crippen LogP contribution in [0.5, 0.6) is 0 Å². The largest absolute Gasteiger partial charge is 0.341 e. The number of thioether (sulfide) groups is 1. The molecule has 0 saturated carbocycles. The van der Waals surface area contributed by atoms with E-state index in [0.29, 0.717) is 5.75 Å². The average Bonchev–Trinajstić information content (AvgIpc) is 3.21. The molecule has 1 amide bonds. The topological polar surface area (TPSA) is 52.2 Å². The molecule has 3 aromatic rings. The van der Waals surface area contributed by atoms with Gasteiger partial charge in [-0.1, -0.05) is 42.5 Å². The quantitative estimate of drug-likeness (QED) is 0.647. The maximum Gasteiger partial charge on any atom is 0.232 e. The van der Waals surface area contributed by atoms with Gasteiger partial charge in [0.2, 0.25) is 5.91 Å². The average molecular weight is 409 g/mol. The minimum absolute atomic E-state index is 0.165. The summed E-state index contributed by atoms with van der Waals surface area (Å²) in [6.45, 7) is 6.74. The highest BCUT2D eigenvalue weighted by molar-refractivity contribution is 8.00. The second kappa shape index (κ2) is 9.46. The van der Waals surface area contributed by atoms with Crippen LogP contribution in [0.2, 0.25) is 0 Å². The summed E-state index contributed by atoms with van der Waals surface area (Å²) in [7, 11) is 0. The number of H-pyrrole nitrogens is 1. The maximum atomic E-state index is 12.6. The van der Waals surface area contributed by atoms with E-state index >= 15 is 0 Å². The molecule has 2 aromatic carbocycles. The number of carbonyl (C=O) groups is 1. The molecule has 1 N–H and O–H groups in total. The summed E-state index contributed by atoms with van der Waals surface area (Å²) in [5.41, 5.74) is 3.41. The third-order valence-electron chi connectivity index (χ3n) is 5.53. The van der Waals surface area contributed by atoms with Crippen LogP contribution in [0.15, 0.2) is 54.6 Å². The van der Waals surface area contributed by atoms with Gasteiger partial charge < -0.3 is 9.88 Å². The van der Waals surface area contributed by atoms with Crippen molar-refractivity contribution in [1.29, 1.82) is 0 Å². The molecule has 1 atom stereocenters. The normalized spacial score (nSPS) is 16.2. The number of aromatic nitrogens is 2. The van der Waals surface area contributed by atoms with Gasteiger partial charge in [0.05, 0.1) is 22.0 Å². The Morgan fingerprint density at radius 3 is 2.55 bits per heavy atom. The molecular formula is C23H28N4OS. The SMILES string of the molecule is CC(SCC(=O)N1CCN(CCc2ccccc2)CC1)c1nc2ccccc2[nH]1. The van der Waals surface area contributed by atoms with Crippen molar-refractivity contribution in [1.82, 2.24) is 19.8 Å². The Morgan fingerprint density at radius 1 is 1.07 bits per heavy atom. The summed E-state index contributed by atoms with van der Waals surface area (Å²) in [4.78, 5) is 25.1. The van der Waals surface area contributed by atoms with E-state index in [0.717, 1.165) is 56.0 Å². The lowest BCUT2D eigenvalue weighted by Crippen LogP contribution is -2.49. The van der Waals surface area contributed by atoms with E-state index in [9.17, 15) is 4.79 Å². The monoisotopic (exact) mass is 408 g/mol. The molecule has 29 heavy (non-hydrogen) atoms. The first-order chi connectivity index (χ1) is 14.2. The fourth-order valence-corrected chi connectivity index (χ4v) is 4.53. The molecule has 2 heterocycles. The number of benzene rings is 2. The van der Waals surface area contributed by atoms with Crippen LogP contribution in [0.25, 0.3) is 11.0 Å². The lowest BCUT2D eigenvalue weighted by Gasteiger charge is -2.34. The zero-order valence-corrected chi connectivity index (χ0v) is 17.7. The number of nitrogens with zero attached hydrogens (tertiary/aromatic N) is 3. The first-order valence-corrected chi connectivity index (χ1v) is 11.3. The highest BCUT2D eigenvalue weighted by atomic mass is 32.2. The third-order valence-corrected chi connectivity index (χ3v) is 6.67. The lowest BCUT2D eigenvalue weighted by molar-refractivity contribution is -0.130. The van der Waals surface area contributed by atoms with Crippen LogP contribution in [0.1, 0.15) is 23.6 Å². The molecule has 4 rings (SSSR count). The molecule has 0 bridgehead atoms. The van der Waals surface area contributed by atoms with Gasteiger partial charge in [0, 0.05) is 32.7 Å². The van der Waals surface area contributed by atoms with Gasteiger partial charge in [0.25, 0.3) is 0 Å². The Kier molecular flexibility index (Phi) is 6.52. The Labute approximate surface area is 176 Å². The van der Waals surface area contributed by atoms with Gasteiger partial charge >= 0.3 is 0 Å². The van der Waals surface area contributed by atoms with Crippen LogP contribution in [0.3, 0.4) is 0 Å². The van der Waals surface area contributed by atoms with Gasteiger partial charge in [0.15, 0.2) is 0 Å². The van der Waals surface area contributed by atoms with Gasteiger partial charge in [-0.3, -0.25) is 9.69 Å². The van der Waals surface area contributed by atoms with E-state index in [4.69, 9.17) is 0 Å². The number of aromatic amines is 1. The summed E-state index contributed by atoms with van der Waals surface area (Å²) >= 11 is 1.66. The van der Waals surface area contributed by atoms with Crippen LogP contribution < -0.4 is 0 Å². The Morgan fingerprint density at radius 2 is 1.79 bits per heavy atom. The van der Waals surface area contributed by atoms with Gasteiger partial charge in [0.1, 0.15) is 5.82 Å². The predicted octanol–water partition coefficient (Wildman–Crippen LogP) is 3.74. The summed E-state index contributed by atoms with van der Waals surface area (Å²) in [5, 5.41) is 0.165. The van der Waals surface area contributed by atoms with E-state index < -0.39 is 0 Å². The number of fused-ring (bicyclic) bond motifs is 1. The van der Waals surface area contributed by atoms with Gasteiger partial charge in [-0.05, 0) is 31.0 Å². The number of imidazole rings is 1. The predicted molar refractivity (Wildman–Crippen MR) is 120 cm³/mol. The van der Waals surface area contributed by atoms with E-state index in [1.807, 2.05) is 29.2 Å². The van der Waals surface area contributed by atoms with Gasteiger partial charge in [-0.25, -0.2) is 4.98 Å². The fraction of sp³-hybridized carbons (Fsp3) is 0.391. The summed E-state index contributed by atoms with van der Waals surface area (Å²) in [6.07, 6.45) is 1.07. The van der Waals surface area contributed by atoms with Crippen molar-refractivity contribution in [2.45, 2.75) is 18.6 Å². The standard InChI is InChI=1S/C23H28N4OS/c1-18(23-24-20-9-5-6-10-21(20)25-23)29-17-22(28)27-15-13-26(14-16-27)12-11-19-7-3-2-4-8-19/h2-10,18H,11-17H2,1H3,(H,24,25). The number of para-hydroxylation sites is 2. The first-order valence-electron chi connectivity index (χ1n) is 10.3. The Hall–Kier alpha value is -2.31. The van der Waals surface area contributed by atoms with Crippen molar-refractivity contribution in [3.05, 3.63) is 66.0 Å². The molecule has 5 nitrogen and oxygen atoms in total. The third kappa shape index (κ3) is 5.19. The number of hydrogen-bond acceptors (Lipinski definition) is 4. The smallest absolute Gasteiger partial charge is 0.232 e. The number of carbonyl (C=O) groups excluding carboxylic acids is 1. The van der Waals surface area contributed by atoms with Crippen molar-refractivity contribution < 1.29 is 4.79 Å². The minimum Gasteiger partial charge on any atom is -0.341 e. The molecule has 0 spiro atoms. The molecule has 1 fully saturated rings. The van der Waals surface area contributed by atoms with Crippen LogP contribution in [-0.4, -0.2) is 64.2 Å². The number of piperazine rings is 1. The second-order valence-corrected chi connectivity index (χ2v) is 8.88. The van der Waals surface area contributed by atoms with Gasteiger partial charge in [-0.2, -0.15) is 0 Å². The molecule has 1 aliphatic rings.